The molecular formula is C14H16O. The molecule has 2 rings (SSSR count). The number of hydrogen-bond donors (Lipinski definition) is 1. The molecule has 1 nitrogen and oxygen atoms in total. The zero-order valence-corrected chi connectivity index (χ0v) is 9.03. The van der Waals surface area contributed by atoms with Gasteiger partial charge in [-0.15, -0.1) is 6.42 Å². The van der Waals surface area contributed by atoms with E-state index in [1.54, 1.807) is 0 Å². The van der Waals surface area contributed by atoms with Crippen molar-refractivity contribution in [3.8, 4) is 12.3 Å². The maximum atomic E-state index is 9.18. The summed E-state index contributed by atoms with van der Waals surface area (Å²) < 4.78 is 0. The molecular weight excluding hydrogens is 184 g/mol. The summed E-state index contributed by atoms with van der Waals surface area (Å²) in [5, 5.41) is 9.18. The lowest BCUT2D eigenvalue weighted by molar-refractivity contribution is 0.273. The van der Waals surface area contributed by atoms with Crippen molar-refractivity contribution in [3.05, 3.63) is 34.9 Å². The Labute approximate surface area is 91.1 Å². The highest BCUT2D eigenvalue weighted by Crippen LogP contribution is 2.42. The molecule has 0 radical (unpaired) electrons. The molecule has 0 heterocycles. The topological polar surface area (TPSA) is 20.2 Å². The van der Waals surface area contributed by atoms with Gasteiger partial charge in [-0.3, -0.25) is 0 Å². The van der Waals surface area contributed by atoms with E-state index in [-0.39, 0.29) is 12.5 Å². The molecule has 1 saturated carbocycles. The van der Waals surface area contributed by atoms with Crippen molar-refractivity contribution in [1.29, 1.82) is 0 Å². The van der Waals surface area contributed by atoms with E-state index in [2.05, 4.69) is 18.1 Å². The van der Waals surface area contributed by atoms with Crippen LogP contribution < -0.4 is 0 Å². The van der Waals surface area contributed by atoms with Gasteiger partial charge in [0.2, 0.25) is 0 Å². The Kier molecular flexibility index (Phi) is 2.79. The van der Waals surface area contributed by atoms with Crippen molar-refractivity contribution in [2.24, 2.45) is 0 Å². The van der Waals surface area contributed by atoms with Crippen LogP contribution in [0, 0.1) is 12.3 Å². The molecule has 1 aliphatic carbocycles. The molecule has 0 bridgehead atoms. The molecule has 1 aromatic carbocycles. The van der Waals surface area contributed by atoms with Crippen LogP contribution in [0.25, 0.3) is 0 Å². The minimum Gasteiger partial charge on any atom is -0.396 e. The van der Waals surface area contributed by atoms with Crippen LogP contribution in [0.3, 0.4) is 0 Å². The van der Waals surface area contributed by atoms with E-state index in [0.29, 0.717) is 5.92 Å². The van der Waals surface area contributed by atoms with Crippen LogP contribution >= 0.6 is 0 Å². The lowest BCUT2D eigenvalue weighted by atomic mass is 9.91. The van der Waals surface area contributed by atoms with Crippen LogP contribution in [0.2, 0.25) is 0 Å². The van der Waals surface area contributed by atoms with E-state index in [1.165, 1.54) is 18.4 Å². The van der Waals surface area contributed by atoms with Gasteiger partial charge in [-0.2, -0.15) is 0 Å². The molecule has 1 atom stereocenters. The fourth-order valence-electron chi connectivity index (χ4n) is 2.00. The van der Waals surface area contributed by atoms with Gasteiger partial charge >= 0.3 is 0 Å². The maximum absolute atomic E-state index is 9.18. The molecule has 1 N–H and O–H groups in total. The summed E-state index contributed by atoms with van der Waals surface area (Å²) >= 11 is 0. The fraction of sp³-hybridized carbons (Fsp3) is 0.429. The smallest absolute Gasteiger partial charge is 0.0497 e. The van der Waals surface area contributed by atoms with E-state index in [9.17, 15) is 5.11 Å². The predicted molar refractivity (Wildman–Crippen MR) is 61.9 cm³/mol. The first-order valence-electron chi connectivity index (χ1n) is 5.48. The molecule has 78 valence electrons. The molecule has 1 unspecified atom stereocenters. The van der Waals surface area contributed by atoms with Crippen molar-refractivity contribution in [3.63, 3.8) is 0 Å². The summed E-state index contributed by atoms with van der Waals surface area (Å²) in [6.45, 7) is 2.16. The molecule has 1 aliphatic rings. The summed E-state index contributed by atoms with van der Waals surface area (Å²) in [5.41, 5.74) is 3.43. The number of benzene rings is 1. The quantitative estimate of drug-likeness (QED) is 0.744. The molecule has 0 aliphatic heterocycles. The van der Waals surface area contributed by atoms with Gasteiger partial charge in [0.1, 0.15) is 0 Å². The summed E-state index contributed by atoms with van der Waals surface area (Å²) in [6, 6.07) is 6.21. The van der Waals surface area contributed by atoms with Crippen molar-refractivity contribution in [1.82, 2.24) is 0 Å². The molecule has 0 amide bonds. The second-order valence-corrected chi connectivity index (χ2v) is 4.31. The first-order chi connectivity index (χ1) is 7.27. The highest BCUT2D eigenvalue weighted by atomic mass is 16.3. The van der Waals surface area contributed by atoms with Crippen LogP contribution in [0.15, 0.2) is 18.2 Å². The number of aliphatic hydroxyl groups is 1. The van der Waals surface area contributed by atoms with Crippen molar-refractivity contribution < 1.29 is 5.11 Å². The number of hydrogen-bond acceptors (Lipinski definition) is 1. The fourth-order valence-corrected chi connectivity index (χ4v) is 2.00. The van der Waals surface area contributed by atoms with Crippen molar-refractivity contribution in [2.75, 3.05) is 6.61 Å². The second-order valence-electron chi connectivity index (χ2n) is 4.31. The van der Waals surface area contributed by atoms with Crippen LogP contribution in [-0.2, 0) is 0 Å². The van der Waals surface area contributed by atoms with Gasteiger partial charge in [0, 0.05) is 18.1 Å². The Morgan fingerprint density at radius 2 is 2.27 bits per heavy atom. The highest BCUT2D eigenvalue weighted by Gasteiger charge is 2.27. The van der Waals surface area contributed by atoms with Gasteiger partial charge in [-0.05, 0) is 29.9 Å². The van der Waals surface area contributed by atoms with Crippen molar-refractivity contribution in [2.45, 2.75) is 31.6 Å². The number of aliphatic hydroxyl groups excluding tert-OH is 1. The van der Waals surface area contributed by atoms with Gasteiger partial charge in [0.25, 0.3) is 0 Å². The van der Waals surface area contributed by atoms with Gasteiger partial charge in [0.05, 0.1) is 0 Å². The first-order valence-corrected chi connectivity index (χ1v) is 5.48. The van der Waals surface area contributed by atoms with Crippen LogP contribution in [0.1, 0.15) is 48.3 Å². The zero-order valence-electron chi connectivity index (χ0n) is 9.03. The Balaban J connectivity index is 2.46. The molecule has 1 heteroatoms. The van der Waals surface area contributed by atoms with Gasteiger partial charge < -0.3 is 5.11 Å². The summed E-state index contributed by atoms with van der Waals surface area (Å²) in [4.78, 5) is 0. The molecule has 1 aromatic rings. The van der Waals surface area contributed by atoms with E-state index in [1.807, 2.05) is 13.0 Å². The third kappa shape index (κ3) is 1.91. The van der Waals surface area contributed by atoms with E-state index >= 15 is 0 Å². The molecule has 0 spiro atoms. The Morgan fingerprint density at radius 3 is 2.80 bits per heavy atom. The Morgan fingerprint density at radius 1 is 1.53 bits per heavy atom. The van der Waals surface area contributed by atoms with E-state index < -0.39 is 0 Å². The average molecular weight is 200 g/mol. The van der Waals surface area contributed by atoms with Gasteiger partial charge in [-0.25, -0.2) is 0 Å². The third-order valence-electron chi connectivity index (χ3n) is 3.10. The summed E-state index contributed by atoms with van der Waals surface area (Å²) in [5.74, 6) is 3.59. The largest absolute Gasteiger partial charge is 0.396 e. The molecule has 0 aromatic heterocycles. The predicted octanol–water partition coefficient (Wildman–Crippen LogP) is 2.64. The minimum atomic E-state index is 0.134. The Bertz CT molecular complexity index is 396. The van der Waals surface area contributed by atoms with Crippen LogP contribution in [0.5, 0.6) is 0 Å². The zero-order chi connectivity index (χ0) is 10.8. The SMILES string of the molecule is C#Cc1c(C(C)CO)cccc1C1CC1. The molecule has 0 saturated heterocycles. The summed E-state index contributed by atoms with van der Waals surface area (Å²) in [7, 11) is 0. The average Bonchev–Trinajstić information content (AvgIpc) is 3.10. The lowest BCUT2D eigenvalue weighted by Crippen LogP contribution is -2.03. The number of terminal acetylenes is 1. The van der Waals surface area contributed by atoms with E-state index in [0.717, 1.165) is 11.1 Å². The van der Waals surface area contributed by atoms with Gasteiger partial charge in [0.15, 0.2) is 0 Å². The standard InChI is InChI=1S/C14H16O/c1-3-12-13(10(2)9-15)5-4-6-14(12)11-7-8-11/h1,4-6,10-11,15H,7-9H2,2H3. The van der Waals surface area contributed by atoms with Crippen LogP contribution in [0.4, 0.5) is 0 Å². The maximum Gasteiger partial charge on any atom is 0.0497 e. The molecule has 15 heavy (non-hydrogen) atoms. The lowest BCUT2D eigenvalue weighted by Gasteiger charge is -2.14. The van der Waals surface area contributed by atoms with Crippen molar-refractivity contribution >= 4 is 0 Å². The second kappa shape index (κ2) is 4.08. The highest BCUT2D eigenvalue weighted by molar-refractivity contribution is 5.50. The monoisotopic (exact) mass is 200 g/mol. The molecule has 1 fully saturated rings. The first kappa shape index (κ1) is 10.3. The Hall–Kier alpha value is -1.26. The number of rotatable bonds is 3. The van der Waals surface area contributed by atoms with E-state index in [4.69, 9.17) is 6.42 Å². The minimum absolute atomic E-state index is 0.134. The van der Waals surface area contributed by atoms with Gasteiger partial charge in [-0.1, -0.05) is 31.0 Å². The summed E-state index contributed by atoms with van der Waals surface area (Å²) in [6.07, 6.45) is 8.09. The third-order valence-corrected chi connectivity index (χ3v) is 3.10. The van der Waals surface area contributed by atoms with Crippen LogP contribution in [-0.4, -0.2) is 11.7 Å². The normalized spacial score (nSPS) is 17.1.